The third-order valence-electron chi connectivity index (χ3n) is 2.42. The summed E-state index contributed by atoms with van der Waals surface area (Å²) in [5, 5.41) is 10.9. The lowest BCUT2D eigenvalue weighted by Crippen LogP contribution is -2.14. The molecule has 9 heteroatoms. The molecule has 0 fully saturated rings. The molecule has 108 valence electrons. The third kappa shape index (κ3) is 3.14. The number of ether oxygens (including phenoxy) is 1. The molecular formula is C12H7BrFN3O4. The topological polar surface area (TPSA) is 108 Å². The second-order valence-corrected chi connectivity index (χ2v) is 4.73. The largest absolute Gasteiger partial charge is 0.433 e. The fourth-order valence-corrected chi connectivity index (χ4v) is 1.88. The first-order chi connectivity index (χ1) is 9.90. The van der Waals surface area contributed by atoms with Crippen molar-refractivity contribution in [3.63, 3.8) is 0 Å². The van der Waals surface area contributed by atoms with Gasteiger partial charge in [0.15, 0.2) is 0 Å². The Balaban J connectivity index is 2.51. The van der Waals surface area contributed by atoms with Crippen molar-refractivity contribution in [3.05, 3.63) is 56.4 Å². The van der Waals surface area contributed by atoms with Crippen LogP contribution in [0.3, 0.4) is 0 Å². The molecule has 2 rings (SSSR count). The summed E-state index contributed by atoms with van der Waals surface area (Å²) < 4.78 is 19.1. The molecule has 2 aromatic rings. The number of nitrogens with two attached hydrogens (primary N) is 1. The van der Waals surface area contributed by atoms with Crippen molar-refractivity contribution in [1.29, 1.82) is 0 Å². The van der Waals surface area contributed by atoms with Gasteiger partial charge >= 0.3 is 5.69 Å². The average molecular weight is 356 g/mol. The number of halogens is 2. The highest BCUT2D eigenvalue weighted by molar-refractivity contribution is 9.10. The molecule has 0 unspecified atom stereocenters. The van der Waals surface area contributed by atoms with Crippen LogP contribution in [0.1, 0.15) is 10.4 Å². The lowest BCUT2D eigenvalue weighted by molar-refractivity contribution is -0.386. The molecule has 0 aliphatic heterocycles. The lowest BCUT2D eigenvalue weighted by Gasteiger charge is -2.09. The van der Waals surface area contributed by atoms with E-state index in [1.54, 1.807) is 0 Å². The number of hydrogen-bond acceptors (Lipinski definition) is 5. The fraction of sp³-hybridized carbons (Fsp3) is 0. The summed E-state index contributed by atoms with van der Waals surface area (Å²) >= 11 is 3.04. The van der Waals surface area contributed by atoms with Crippen LogP contribution in [0.4, 0.5) is 10.1 Å². The van der Waals surface area contributed by atoms with Gasteiger partial charge in [-0.05, 0) is 28.1 Å². The van der Waals surface area contributed by atoms with Crippen LogP contribution in [0, 0.1) is 15.9 Å². The zero-order valence-corrected chi connectivity index (χ0v) is 11.8. The highest BCUT2D eigenvalue weighted by Crippen LogP contribution is 2.33. The van der Waals surface area contributed by atoms with E-state index in [1.165, 1.54) is 24.4 Å². The highest BCUT2D eigenvalue weighted by atomic mass is 79.9. The van der Waals surface area contributed by atoms with Crippen LogP contribution in [-0.2, 0) is 0 Å². The lowest BCUT2D eigenvalue weighted by atomic mass is 10.2. The molecular weight excluding hydrogens is 349 g/mol. The maximum Gasteiger partial charge on any atom is 0.332 e. The van der Waals surface area contributed by atoms with E-state index in [4.69, 9.17) is 10.5 Å². The number of pyridine rings is 1. The summed E-state index contributed by atoms with van der Waals surface area (Å²) in [5.74, 6) is -2.57. The first-order valence-corrected chi connectivity index (χ1v) is 6.25. The standard InChI is InChI=1S/C12H7BrFN3O4/c13-6-4-8(17(19)20)12(16-5-6)21-9-3-1-2-7(14)10(9)11(15)18/h1-5H,(H2,15,18). The number of nitro groups is 1. The predicted octanol–water partition coefficient (Wildman–Crippen LogP) is 2.78. The normalized spacial score (nSPS) is 10.2. The molecule has 1 aromatic carbocycles. The number of amides is 1. The fourth-order valence-electron chi connectivity index (χ4n) is 1.56. The van der Waals surface area contributed by atoms with Gasteiger partial charge in [0.25, 0.3) is 11.8 Å². The maximum atomic E-state index is 13.6. The van der Waals surface area contributed by atoms with Crippen molar-refractivity contribution in [1.82, 2.24) is 4.98 Å². The smallest absolute Gasteiger partial charge is 0.332 e. The van der Waals surface area contributed by atoms with Crippen LogP contribution < -0.4 is 10.5 Å². The Morgan fingerprint density at radius 3 is 2.81 bits per heavy atom. The minimum absolute atomic E-state index is 0.250. The molecule has 0 atom stereocenters. The summed E-state index contributed by atoms with van der Waals surface area (Å²) in [6.07, 6.45) is 1.27. The molecule has 1 heterocycles. The summed E-state index contributed by atoms with van der Waals surface area (Å²) in [4.78, 5) is 25.2. The third-order valence-corrected chi connectivity index (χ3v) is 2.86. The maximum absolute atomic E-state index is 13.6. The number of aromatic nitrogens is 1. The van der Waals surface area contributed by atoms with Gasteiger partial charge in [0.2, 0.25) is 0 Å². The molecule has 0 spiro atoms. The number of hydrogen-bond donors (Lipinski definition) is 1. The summed E-state index contributed by atoms with van der Waals surface area (Å²) in [5.41, 5.74) is 4.13. The minimum Gasteiger partial charge on any atom is -0.433 e. The van der Waals surface area contributed by atoms with Gasteiger partial charge < -0.3 is 10.5 Å². The van der Waals surface area contributed by atoms with Crippen molar-refractivity contribution < 1.29 is 18.8 Å². The Labute approximate surface area is 125 Å². The highest BCUT2D eigenvalue weighted by Gasteiger charge is 2.22. The summed E-state index contributed by atoms with van der Waals surface area (Å²) in [7, 11) is 0. The molecule has 0 saturated carbocycles. The monoisotopic (exact) mass is 355 g/mol. The van der Waals surface area contributed by atoms with Gasteiger partial charge in [-0.3, -0.25) is 14.9 Å². The zero-order chi connectivity index (χ0) is 15.6. The van der Waals surface area contributed by atoms with Crippen LogP contribution in [0.2, 0.25) is 0 Å². The van der Waals surface area contributed by atoms with Gasteiger partial charge in [0, 0.05) is 16.7 Å². The molecule has 21 heavy (non-hydrogen) atoms. The van der Waals surface area contributed by atoms with Gasteiger partial charge in [-0.15, -0.1) is 0 Å². The molecule has 1 aromatic heterocycles. The Hall–Kier alpha value is -2.55. The molecule has 0 radical (unpaired) electrons. The van der Waals surface area contributed by atoms with Crippen LogP contribution in [0.5, 0.6) is 11.6 Å². The summed E-state index contributed by atoms with van der Waals surface area (Å²) in [6.45, 7) is 0. The van der Waals surface area contributed by atoms with Crippen LogP contribution in [0.25, 0.3) is 0 Å². The van der Waals surface area contributed by atoms with E-state index in [9.17, 15) is 19.3 Å². The average Bonchev–Trinajstić information content (AvgIpc) is 2.40. The molecule has 1 amide bonds. The number of carbonyl (C=O) groups is 1. The Morgan fingerprint density at radius 2 is 2.19 bits per heavy atom. The van der Waals surface area contributed by atoms with Gasteiger partial charge in [0.1, 0.15) is 17.1 Å². The molecule has 2 N–H and O–H groups in total. The van der Waals surface area contributed by atoms with Gasteiger partial charge in [0.05, 0.1) is 4.92 Å². The predicted molar refractivity (Wildman–Crippen MR) is 73.6 cm³/mol. The minimum atomic E-state index is -1.05. The van der Waals surface area contributed by atoms with Crippen LogP contribution in [-0.4, -0.2) is 15.8 Å². The Kier molecular flexibility index (Phi) is 4.13. The van der Waals surface area contributed by atoms with Gasteiger partial charge in [-0.2, -0.15) is 0 Å². The van der Waals surface area contributed by atoms with E-state index in [2.05, 4.69) is 20.9 Å². The quantitative estimate of drug-likeness (QED) is 0.669. The van der Waals surface area contributed by atoms with E-state index in [1.807, 2.05) is 0 Å². The SMILES string of the molecule is NC(=O)c1c(F)cccc1Oc1ncc(Br)cc1[N+](=O)[O-]. The van der Waals surface area contributed by atoms with E-state index < -0.39 is 27.9 Å². The first kappa shape index (κ1) is 14.9. The number of carbonyl (C=O) groups excluding carboxylic acids is 1. The molecule has 0 aliphatic rings. The van der Waals surface area contributed by atoms with Gasteiger partial charge in [-0.1, -0.05) is 6.07 Å². The summed E-state index contributed by atoms with van der Waals surface area (Å²) in [6, 6.07) is 4.74. The second kappa shape index (κ2) is 5.83. The van der Waals surface area contributed by atoms with E-state index >= 15 is 0 Å². The number of nitrogens with zero attached hydrogens (tertiary/aromatic N) is 2. The first-order valence-electron chi connectivity index (χ1n) is 5.46. The van der Waals surface area contributed by atoms with Gasteiger partial charge in [-0.25, -0.2) is 9.37 Å². The van der Waals surface area contributed by atoms with Crippen molar-refractivity contribution in [2.75, 3.05) is 0 Å². The number of benzene rings is 1. The van der Waals surface area contributed by atoms with Crippen LogP contribution >= 0.6 is 15.9 Å². The molecule has 7 nitrogen and oxygen atoms in total. The van der Waals surface area contributed by atoms with E-state index in [0.29, 0.717) is 4.47 Å². The molecule has 0 bridgehead atoms. The van der Waals surface area contributed by atoms with Crippen molar-refractivity contribution in [2.24, 2.45) is 5.73 Å². The second-order valence-electron chi connectivity index (χ2n) is 3.81. The van der Waals surface area contributed by atoms with Crippen molar-refractivity contribution in [3.8, 4) is 11.6 Å². The number of rotatable bonds is 4. The Morgan fingerprint density at radius 1 is 1.48 bits per heavy atom. The van der Waals surface area contributed by atoms with Crippen molar-refractivity contribution in [2.45, 2.75) is 0 Å². The van der Waals surface area contributed by atoms with E-state index in [-0.39, 0.29) is 11.6 Å². The Bertz CT molecular complexity index is 738. The zero-order valence-electron chi connectivity index (χ0n) is 10.2. The van der Waals surface area contributed by atoms with E-state index in [0.717, 1.165) is 6.07 Å². The number of primary amides is 1. The van der Waals surface area contributed by atoms with Crippen molar-refractivity contribution >= 4 is 27.5 Å². The van der Waals surface area contributed by atoms with Crippen LogP contribution in [0.15, 0.2) is 34.9 Å². The molecule has 0 aliphatic carbocycles. The molecule has 0 saturated heterocycles.